The van der Waals surface area contributed by atoms with Crippen molar-refractivity contribution in [1.29, 1.82) is 0 Å². The molecule has 3 heterocycles. The molecule has 0 saturated heterocycles. The summed E-state index contributed by atoms with van der Waals surface area (Å²) in [6.07, 6.45) is 9.12. The van der Waals surface area contributed by atoms with Gasteiger partial charge in [-0.05, 0) is 36.4 Å². The fourth-order valence-corrected chi connectivity index (χ4v) is 3.93. The average molecular weight is 420 g/mol. The third-order valence-electron chi connectivity index (χ3n) is 5.56. The van der Waals surface area contributed by atoms with Gasteiger partial charge in [0.25, 0.3) is 0 Å². The van der Waals surface area contributed by atoms with Gasteiger partial charge in [-0.25, -0.2) is 19.3 Å². The van der Waals surface area contributed by atoms with Crippen LogP contribution >= 0.6 is 0 Å². The van der Waals surface area contributed by atoms with Crippen LogP contribution in [0.25, 0.3) is 38.8 Å². The predicted molar refractivity (Wildman–Crippen MR) is 126 cm³/mol. The summed E-state index contributed by atoms with van der Waals surface area (Å²) in [4.78, 5) is 13.1. The molecule has 6 rings (SSSR count). The van der Waals surface area contributed by atoms with Gasteiger partial charge in [0.05, 0.1) is 5.39 Å². The fraction of sp³-hybridized carbons (Fsp3) is 0. The van der Waals surface area contributed by atoms with E-state index in [-0.39, 0.29) is 5.52 Å². The van der Waals surface area contributed by atoms with Gasteiger partial charge >= 0.3 is 0 Å². The van der Waals surface area contributed by atoms with Gasteiger partial charge in [-0.15, -0.1) is 0 Å². The molecule has 154 valence electrons. The minimum absolute atomic E-state index is 0.280. The molecule has 3 aromatic heterocycles. The van der Waals surface area contributed by atoms with E-state index in [4.69, 9.17) is 5.73 Å². The Bertz CT molecular complexity index is 1570. The minimum atomic E-state index is -0.417. The van der Waals surface area contributed by atoms with Gasteiger partial charge in [0.15, 0.2) is 11.5 Å². The third-order valence-corrected chi connectivity index (χ3v) is 5.56. The van der Waals surface area contributed by atoms with Crippen molar-refractivity contribution in [2.24, 2.45) is 0 Å². The van der Waals surface area contributed by atoms with Crippen molar-refractivity contribution in [2.45, 2.75) is 0 Å². The average Bonchev–Trinajstić information content (AvgIpc) is 3.14. The fourth-order valence-electron chi connectivity index (χ4n) is 3.93. The van der Waals surface area contributed by atoms with Crippen LogP contribution in [0.4, 0.5) is 21.7 Å². The molecule has 32 heavy (non-hydrogen) atoms. The monoisotopic (exact) mass is 420 g/mol. The Morgan fingerprint density at radius 1 is 0.938 bits per heavy atom. The van der Waals surface area contributed by atoms with Crippen LogP contribution in [0.3, 0.4) is 0 Å². The number of aromatic nitrogens is 4. The highest BCUT2D eigenvalue weighted by atomic mass is 19.1. The van der Waals surface area contributed by atoms with Crippen LogP contribution < -0.4 is 11.1 Å². The lowest BCUT2D eigenvalue weighted by Gasteiger charge is -2.10. The van der Waals surface area contributed by atoms with E-state index in [1.165, 1.54) is 6.33 Å². The summed E-state index contributed by atoms with van der Waals surface area (Å²) >= 11 is 0. The van der Waals surface area contributed by atoms with Crippen molar-refractivity contribution < 1.29 is 4.39 Å². The number of hydrogen-bond donors (Lipinski definition) is 2. The molecule has 0 saturated carbocycles. The number of nitrogen functional groups attached to an aromatic ring is 1. The molecular formula is C25H17FN6. The molecule has 0 bridgehead atoms. The van der Waals surface area contributed by atoms with E-state index in [0.29, 0.717) is 39.2 Å². The zero-order chi connectivity index (χ0) is 21.7. The second kappa shape index (κ2) is 7.02. The van der Waals surface area contributed by atoms with Crippen molar-refractivity contribution in [3.8, 4) is 11.1 Å². The first-order chi connectivity index (χ1) is 15.7. The first kappa shape index (κ1) is 18.3. The summed E-state index contributed by atoms with van der Waals surface area (Å²) in [7, 11) is 0. The van der Waals surface area contributed by atoms with Gasteiger partial charge in [0, 0.05) is 34.1 Å². The van der Waals surface area contributed by atoms with Crippen molar-refractivity contribution in [3.63, 3.8) is 0 Å². The second-order valence-electron chi connectivity index (χ2n) is 7.51. The SMILES string of the molecule is Nc1ncnc2c1c(-c1ccc3ccc(Nc4ccccc4)nc3c1F)cn2C1=CC=C1. The van der Waals surface area contributed by atoms with Crippen LogP contribution in [0.2, 0.25) is 0 Å². The Morgan fingerprint density at radius 2 is 1.75 bits per heavy atom. The van der Waals surface area contributed by atoms with Crippen LogP contribution in [0.1, 0.15) is 0 Å². The number of para-hydroxylation sites is 1. The molecule has 2 aromatic carbocycles. The Kier molecular flexibility index (Phi) is 4.01. The summed E-state index contributed by atoms with van der Waals surface area (Å²) in [5, 5.41) is 4.55. The molecule has 1 aliphatic carbocycles. The molecule has 6 nitrogen and oxygen atoms in total. The molecule has 0 radical (unpaired) electrons. The maximum Gasteiger partial charge on any atom is 0.157 e. The number of hydrogen-bond acceptors (Lipinski definition) is 5. The maximum atomic E-state index is 15.8. The lowest BCUT2D eigenvalue weighted by Crippen LogP contribution is -1.99. The summed E-state index contributed by atoms with van der Waals surface area (Å²) in [5.41, 5.74) is 9.96. The van der Waals surface area contributed by atoms with Crippen molar-refractivity contribution in [2.75, 3.05) is 11.1 Å². The number of halogens is 1. The van der Waals surface area contributed by atoms with Gasteiger partial charge in [-0.2, -0.15) is 0 Å². The molecule has 0 spiro atoms. The van der Waals surface area contributed by atoms with Crippen LogP contribution in [-0.4, -0.2) is 19.5 Å². The van der Waals surface area contributed by atoms with Crippen molar-refractivity contribution >= 4 is 45.0 Å². The van der Waals surface area contributed by atoms with E-state index >= 15 is 4.39 Å². The zero-order valence-corrected chi connectivity index (χ0v) is 16.8. The number of pyridine rings is 1. The largest absolute Gasteiger partial charge is 0.383 e. The van der Waals surface area contributed by atoms with Crippen LogP contribution in [0.5, 0.6) is 0 Å². The summed E-state index contributed by atoms with van der Waals surface area (Å²) < 4.78 is 17.7. The number of nitrogens with one attached hydrogen (secondary N) is 1. The molecule has 1 aliphatic rings. The third kappa shape index (κ3) is 2.83. The number of benzene rings is 2. The lowest BCUT2D eigenvalue weighted by molar-refractivity contribution is 0.640. The van der Waals surface area contributed by atoms with Gasteiger partial charge < -0.3 is 15.6 Å². The quantitative estimate of drug-likeness (QED) is 0.400. The lowest BCUT2D eigenvalue weighted by atomic mass is 10.0. The summed E-state index contributed by atoms with van der Waals surface area (Å²) in [6.45, 7) is 0. The Balaban J connectivity index is 1.52. The van der Waals surface area contributed by atoms with Crippen molar-refractivity contribution in [1.82, 2.24) is 19.5 Å². The van der Waals surface area contributed by atoms with Crippen molar-refractivity contribution in [3.05, 3.63) is 91.2 Å². The molecule has 5 aromatic rings. The minimum Gasteiger partial charge on any atom is -0.383 e. The molecule has 0 aliphatic heterocycles. The highest BCUT2D eigenvalue weighted by Crippen LogP contribution is 2.38. The normalized spacial score (nSPS) is 12.7. The molecule has 3 N–H and O–H groups in total. The first-order valence-corrected chi connectivity index (χ1v) is 10.1. The molecular weight excluding hydrogens is 403 g/mol. The molecule has 0 atom stereocenters. The van der Waals surface area contributed by atoms with Crippen LogP contribution in [0, 0.1) is 5.82 Å². The number of fused-ring (bicyclic) bond motifs is 2. The van der Waals surface area contributed by atoms with E-state index in [1.54, 1.807) is 6.07 Å². The highest BCUT2D eigenvalue weighted by molar-refractivity contribution is 6.04. The Labute approximate surface area is 182 Å². The molecule has 7 heteroatoms. The predicted octanol–water partition coefficient (Wildman–Crippen LogP) is 5.52. The van der Waals surface area contributed by atoms with Gasteiger partial charge in [0.2, 0.25) is 0 Å². The summed E-state index contributed by atoms with van der Waals surface area (Å²) in [6, 6.07) is 17.0. The highest BCUT2D eigenvalue weighted by Gasteiger charge is 2.21. The number of nitrogens with zero attached hydrogens (tertiary/aromatic N) is 4. The Hall–Kier alpha value is -4.52. The van der Waals surface area contributed by atoms with Gasteiger partial charge in [-0.3, -0.25) is 0 Å². The number of rotatable bonds is 4. The van der Waals surface area contributed by atoms with E-state index in [2.05, 4.69) is 20.3 Å². The van der Waals surface area contributed by atoms with E-state index < -0.39 is 5.82 Å². The van der Waals surface area contributed by atoms with E-state index in [9.17, 15) is 0 Å². The molecule has 0 fully saturated rings. The topological polar surface area (TPSA) is 81.7 Å². The first-order valence-electron chi connectivity index (χ1n) is 10.1. The standard InChI is InChI=1S/C25H17FN6/c26-22-18(19-13-32(17-7-4-8-17)25-21(19)24(27)28-14-29-25)11-9-15-10-12-20(31-23(15)22)30-16-5-2-1-3-6-16/h1-14H,(H,30,31)(H2,27,28,29). The summed E-state index contributed by atoms with van der Waals surface area (Å²) in [5.74, 6) is 0.453. The second-order valence-corrected chi connectivity index (χ2v) is 7.51. The molecule has 0 unspecified atom stereocenters. The van der Waals surface area contributed by atoms with E-state index in [1.807, 2.05) is 77.5 Å². The van der Waals surface area contributed by atoms with E-state index in [0.717, 1.165) is 11.4 Å². The number of anilines is 3. The smallest absolute Gasteiger partial charge is 0.157 e. The number of allylic oxidation sites excluding steroid dienone is 4. The number of nitrogens with two attached hydrogens (primary N) is 1. The molecule has 0 amide bonds. The van der Waals surface area contributed by atoms with Crippen LogP contribution in [0.15, 0.2) is 85.3 Å². The van der Waals surface area contributed by atoms with Gasteiger partial charge in [-0.1, -0.05) is 36.4 Å². The van der Waals surface area contributed by atoms with Crippen LogP contribution in [-0.2, 0) is 0 Å². The zero-order valence-electron chi connectivity index (χ0n) is 16.8. The Morgan fingerprint density at radius 3 is 2.53 bits per heavy atom. The van der Waals surface area contributed by atoms with Gasteiger partial charge in [0.1, 0.15) is 23.5 Å². The maximum absolute atomic E-state index is 15.8.